The Hall–Kier alpha value is -0.820. The maximum absolute atomic E-state index is 11.6. The first kappa shape index (κ1) is 15.2. The molecule has 7 heteroatoms. The number of hydrogen-bond donors (Lipinski definition) is 2. The molecule has 0 aromatic carbocycles. The van der Waals surface area contributed by atoms with E-state index in [1.165, 1.54) is 0 Å². The van der Waals surface area contributed by atoms with Crippen LogP contribution in [-0.4, -0.2) is 37.9 Å². The minimum absolute atomic E-state index is 0.0375. The molecule has 4 nitrogen and oxygen atoms in total. The van der Waals surface area contributed by atoms with Crippen LogP contribution in [0.15, 0.2) is 0 Å². The summed E-state index contributed by atoms with van der Waals surface area (Å²) in [6, 6.07) is -0.0693. The first-order valence-electron chi connectivity index (χ1n) is 4.97. The SMILES string of the molecule is CC(CC(N)=O)NCCCOCC(F)(F)F. The van der Waals surface area contributed by atoms with Gasteiger partial charge in [0.25, 0.3) is 0 Å². The third kappa shape index (κ3) is 11.3. The highest BCUT2D eigenvalue weighted by Crippen LogP contribution is 2.14. The van der Waals surface area contributed by atoms with Gasteiger partial charge >= 0.3 is 6.18 Å². The number of nitrogens with one attached hydrogen (secondary N) is 1. The summed E-state index contributed by atoms with van der Waals surface area (Å²) in [6.07, 6.45) is -3.60. The van der Waals surface area contributed by atoms with Gasteiger partial charge in [0, 0.05) is 19.1 Å². The van der Waals surface area contributed by atoms with E-state index in [9.17, 15) is 18.0 Å². The van der Waals surface area contributed by atoms with E-state index in [0.29, 0.717) is 13.0 Å². The van der Waals surface area contributed by atoms with Crippen LogP contribution in [0.25, 0.3) is 0 Å². The number of hydrogen-bond acceptors (Lipinski definition) is 3. The highest BCUT2D eigenvalue weighted by molar-refractivity contribution is 5.74. The summed E-state index contributed by atoms with van der Waals surface area (Å²) in [7, 11) is 0. The summed E-state index contributed by atoms with van der Waals surface area (Å²) in [6.45, 7) is 1.09. The Morgan fingerprint density at radius 3 is 2.62 bits per heavy atom. The number of carbonyl (C=O) groups is 1. The zero-order valence-electron chi connectivity index (χ0n) is 9.14. The summed E-state index contributed by atoms with van der Waals surface area (Å²) in [5.41, 5.74) is 4.96. The van der Waals surface area contributed by atoms with Gasteiger partial charge in [0.1, 0.15) is 6.61 Å². The van der Waals surface area contributed by atoms with Gasteiger partial charge in [-0.25, -0.2) is 0 Å². The van der Waals surface area contributed by atoms with Gasteiger partial charge in [-0.1, -0.05) is 0 Å². The van der Waals surface area contributed by atoms with Crippen LogP contribution >= 0.6 is 0 Å². The summed E-state index contributed by atoms with van der Waals surface area (Å²) in [4.78, 5) is 10.5. The summed E-state index contributed by atoms with van der Waals surface area (Å²) in [5, 5.41) is 2.95. The van der Waals surface area contributed by atoms with Crippen LogP contribution in [0.4, 0.5) is 13.2 Å². The van der Waals surface area contributed by atoms with Crippen LogP contribution in [0.1, 0.15) is 19.8 Å². The standard InChI is InChI=1S/C9H17F3N2O2/c1-7(5-8(13)15)14-3-2-4-16-6-9(10,11)12/h7,14H,2-6H2,1H3,(H2,13,15). The number of carbonyl (C=O) groups excluding carboxylic acids is 1. The van der Waals surface area contributed by atoms with E-state index in [1.54, 1.807) is 6.92 Å². The van der Waals surface area contributed by atoms with E-state index >= 15 is 0 Å². The van der Waals surface area contributed by atoms with Crippen molar-refractivity contribution in [1.29, 1.82) is 0 Å². The fourth-order valence-electron chi connectivity index (χ4n) is 1.08. The predicted molar refractivity (Wildman–Crippen MR) is 52.8 cm³/mol. The number of primary amides is 1. The van der Waals surface area contributed by atoms with E-state index in [2.05, 4.69) is 10.1 Å². The van der Waals surface area contributed by atoms with Gasteiger partial charge in [0.05, 0.1) is 0 Å². The second-order valence-electron chi connectivity index (χ2n) is 3.55. The topological polar surface area (TPSA) is 64.4 Å². The molecule has 0 rings (SSSR count). The van der Waals surface area contributed by atoms with Crippen molar-refractivity contribution in [2.45, 2.75) is 32.0 Å². The van der Waals surface area contributed by atoms with Gasteiger partial charge in [-0.3, -0.25) is 4.79 Å². The van der Waals surface area contributed by atoms with Gasteiger partial charge in [-0.2, -0.15) is 13.2 Å². The smallest absolute Gasteiger partial charge is 0.372 e. The molecule has 0 radical (unpaired) electrons. The van der Waals surface area contributed by atoms with Crippen molar-refractivity contribution in [2.24, 2.45) is 5.73 Å². The van der Waals surface area contributed by atoms with Crippen molar-refractivity contribution >= 4 is 5.91 Å². The third-order valence-corrected chi connectivity index (χ3v) is 1.73. The number of nitrogens with two attached hydrogens (primary N) is 1. The Morgan fingerprint density at radius 2 is 2.12 bits per heavy atom. The van der Waals surface area contributed by atoms with Gasteiger partial charge in [0.2, 0.25) is 5.91 Å². The number of amides is 1. The van der Waals surface area contributed by atoms with Crippen LogP contribution < -0.4 is 11.1 Å². The predicted octanol–water partition coefficient (Wildman–Crippen LogP) is 0.809. The van der Waals surface area contributed by atoms with Gasteiger partial charge < -0.3 is 15.8 Å². The van der Waals surface area contributed by atoms with E-state index in [-0.39, 0.29) is 19.1 Å². The molecular formula is C9H17F3N2O2. The largest absolute Gasteiger partial charge is 0.411 e. The van der Waals surface area contributed by atoms with Crippen molar-refractivity contribution in [3.05, 3.63) is 0 Å². The molecule has 0 aliphatic heterocycles. The Balaban J connectivity index is 3.30. The summed E-state index contributed by atoms with van der Waals surface area (Å²) in [5.74, 6) is -0.409. The lowest BCUT2D eigenvalue weighted by Crippen LogP contribution is -2.32. The number of rotatable bonds is 8. The molecule has 96 valence electrons. The van der Waals surface area contributed by atoms with Crippen LogP contribution in [0.5, 0.6) is 0 Å². The lowest BCUT2D eigenvalue weighted by atomic mass is 10.2. The van der Waals surface area contributed by atoms with Gasteiger partial charge in [-0.05, 0) is 19.9 Å². The molecule has 0 saturated heterocycles. The second-order valence-corrected chi connectivity index (χ2v) is 3.55. The Morgan fingerprint density at radius 1 is 1.50 bits per heavy atom. The molecule has 0 spiro atoms. The summed E-state index contributed by atoms with van der Waals surface area (Å²) >= 11 is 0. The Kier molecular flexibility index (Phi) is 7.07. The maximum Gasteiger partial charge on any atom is 0.411 e. The molecule has 16 heavy (non-hydrogen) atoms. The molecule has 0 aromatic rings. The lowest BCUT2D eigenvalue weighted by molar-refractivity contribution is -0.174. The number of ether oxygens (including phenoxy) is 1. The van der Waals surface area contributed by atoms with Crippen molar-refractivity contribution in [2.75, 3.05) is 19.8 Å². The minimum Gasteiger partial charge on any atom is -0.372 e. The highest BCUT2D eigenvalue weighted by atomic mass is 19.4. The normalized spacial score (nSPS) is 13.8. The zero-order chi connectivity index (χ0) is 12.6. The lowest BCUT2D eigenvalue weighted by Gasteiger charge is -2.12. The quantitative estimate of drug-likeness (QED) is 0.619. The molecule has 0 fully saturated rings. The van der Waals surface area contributed by atoms with Gasteiger partial charge in [-0.15, -0.1) is 0 Å². The third-order valence-electron chi connectivity index (χ3n) is 1.73. The fraction of sp³-hybridized carbons (Fsp3) is 0.889. The van der Waals surface area contributed by atoms with Crippen LogP contribution in [-0.2, 0) is 9.53 Å². The Labute approximate surface area is 92.3 Å². The molecule has 0 aliphatic rings. The fourth-order valence-corrected chi connectivity index (χ4v) is 1.08. The number of halogens is 3. The molecule has 0 bridgehead atoms. The maximum atomic E-state index is 11.6. The van der Waals surface area contributed by atoms with E-state index in [1.807, 2.05) is 0 Å². The summed E-state index contributed by atoms with van der Waals surface area (Å²) < 4.78 is 39.3. The second kappa shape index (κ2) is 7.45. The van der Waals surface area contributed by atoms with Crippen molar-refractivity contribution < 1.29 is 22.7 Å². The monoisotopic (exact) mass is 242 g/mol. The van der Waals surface area contributed by atoms with Crippen LogP contribution in [0.3, 0.4) is 0 Å². The molecule has 3 N–H and O–H groups in total. The molecule has 0 saturated carbocycles. The van der Waals surface area contributed by atoms with Crippen molar-refractivity contribution in [3.63, 3.8) is 0 Å². The van der Waals surface area contributed by atoms with Crippen molar-refractivity contribution in [1.82, 2.24) is 5.32 Å². The molecule has 1 unspecified atom stereocenters. The molecular weight excluding hydrogens is 225 g/mol. The van der Waals surface area contributed by atoms with E-state index in [0.717, 1.165) is 0 Å². The average molecular weight is 242 g/mol. The van der Waals surface area contributed by atoms with E-state index in [4.69, 9.17) is 5.73 Å². The highest BCUT2D eigenvalue weighted by Gasteiger charge is 2.27. The van der Waals surface area contributed by atoms with Crippen molar-refractivity contribution in [3.8, 4) is 0 Å². The van der Waals surface area contributed by atoms with Gasteiger partial charge in [0.15, 0.2) is 0 Å². The number of alkyl halides is 3. The average Bonchev–Trinajstić information content (AvgIpc) is 2.07. The van der Waals surface area contributed by atoms with Crippen LogP contribution in [0, 0.1) is 0 Å². The molecule has 0 aliphatic carbocycles. The molecule has 0 heterocycles. The first-order chi connectivity index (χ1) is 7.31. The molecule has 1 atom stereocenters. The molecule has 1 amide bonds. The molecule has 0 aromatic heterocycles. The first-order valence-corrected chi connectivity index (χ1v) is 4.97. The Bertz CT molecular complexity index is 209. The zero-order valence-corrected chi connectivity index (χ0v) is 9.14. The minimum atomic E-state index is -4.27. The van der Waals surface area contributed by atoms with Crippen LogP contribution in [0.2, 0.25) is 0 Å². The van der Waals surface area contributed by atoms with E-state index < -0.39 is 18.7 Å².